The molecule has 2 aromatic heterocycles. The molecule has 1 aromatic carbocycles. The maximum atomic E-state index is 13.2. The molecule has 3 heterocycles. The normalized spacial score (nSPS) is 18.2. The number of hydrogen-bond donors (Lipinski definition) is 1. The van der Waals surface area contributed by atoms with E-state index in [9.17, 15) is 14.4 Å². The molecule has 1 aliphatic rings. The van der Waals surface area contributed by atoms with E-state index in [-0.39, 0.29) is 23.9 Å². The van der Waals surface area contributed by atoms with Crippen molar-refractivity contribution in [2.45, 2.75) is 40.7 Å². The topological polar surface area (TPSA) is 93.5 Å². The number of fused-ring (bicyclic) bond motifs is 1. The molecular weight excluding hydrogens is 452 g/mol. The van der Waals surface area contributed by atoms with E-state index in [1.165, 1.54) is 22.2 Å². The third-order valence-electron chi connectivity index (χ3n) is 6.25. The second-order valence-corrected chi connectivity index (χ2v) is 10.3. The van der Waals surface area contributed by atoms with Gasteiger partial charge in [-0.05, 0) is 55.4 Å². The van der Waals surface area contributed by atoms with Gasteiger partial charge in [-0.25, -0.2) is 4.98 Å². The van der Waals surface area contributed by atoms with Gasteiger partial charge in [-0.3, -0.25) is 19.0 Å². The first-order valence-electron chi connectivity index (χ1n) is 11.4. The van der Waals surface area contributed by atoms with Crippen LogP contribution in [-0.2, 0) is 11.3 Å². The van der Waals surface area contributed by atoms with Crippen molar-refractivity contribution in [3.8, 4) is 5.75 Å². The predicted octanol–water partition coefficient (Wildman–Crippen LogP) is 3.84. The molecule has 180 valence electrons. The van der Waals surface area contributed by atoms with Gasteiger partial charge in [0.2, 0.25) is 5.91 Å². The van der Waals surface area contributed by atoms with E-state index in [2.05, 4.69) is 24.1 Å². The number of nitrogens with one attached hydrogen (secondary N) is 1. The van der Waals surface area contributed by atoms with Gasteiger partial charge in [-0.15, -0.1) is 11.3 Å². The van der Waals surface area contributed by atoms with E-state index in [0.717, 1.165) is 12.0 Å². The fourth-order valence-corrected chi connectivity index (χ4v) is 5.73. The zero-order chi connectivity index (χ0) is 24.6. The number of benzene rings is 1. The SMILES string of the molecule is COc1ccc(C)cc1NC(=O)c1sc2ncn(CC(=O)N3C[C@@H](C)C[C@H](C)C3)c(=O)c2c1C. The number of piperidine rings is 1. The minimum atomic E-state index is -0.331. The van der Waals surface area contributed by atoms with Gasteiger partial charge >= 0.3 is 0 Å². The van der Waals surface area contributed by atoms with Crippen molar-refractivity contribution < 1.29 is 14.3 Å². The first-order valence-corrected chi connectivity index (χ1v) is 12.2. The van der Waals surface area contributed by atoms with Crippen molar-refractivity contribution >= 4 is 39.1 Å². The molecule has 4 rings (SSSR count). The highest BCUT2D eigenvalue weighted by Gasteiger charge is 2.26. The lowest BCUT2D eigenvalue weighted by Crippen LogP contribution is -2.44. The van der Waals surface area contributed by atoms with Gasteiger partial charge in [-0.1, -0.05) is 19.9 Å². The van der Waals surface area contributed by atoms with E-state index in [4.69, 9.17) is 4.74 Å². The Morgan fingerprint density at radius 1 is 1.21 bits per heavy atom. The average Bonchev–Trinajstić information content (AvgIpc) is 3.12. The summed E-state index contributed by atoms with van der Waals surface area (Å²) in [5.41, 5.74) is 1.79. The third kappa shape index (κ3) is 4.70. The summed E-state index contributed by atoms with van der Waals surface area (Å²) in [6, 6.07) is 5.53. The van der Waals surface area contributed by atoms with Gasteiger partial charge in [0.05, 0.1) is 29.4 Å². The number of rotatable bonds is 5. The van der Waals surface area contributed by atoms with Crippen LogP contribution >= 0.6 is 11.3 Å². The van der Waals surface area contributed by atoms with Crippen LogP contribution in [0.15, 0.2) is 29.3 Å². The van der Waals surface area contributed by atoms with Crippen LogP contribution in [0.5, 0.6) is 5.75 Å². The maximum absolute atomic E-state index is 13.2. The Morgan fingerprint density at radius 3 is 2.59 bits per heavy atom. The number of ether oxygens (including phenoxy) is 1. The number of carbonyl (C=O) groups excluding carboxylic acids is 2. The number of hydrogen-bond acceptors (Lipinski definition) is 6. The third-order valence-corrected chi connectivity index (χ3v) is 7.45. The van der Waals surface area contributed by atoms with Crippen molar-refractivity contribution in [3.63, 3.8) is 0 Å². The fourth-order valence-electron chi connectivity index (χ4n) is 4.70. The van der Waals surface area contributed by atoms with Gasteiger partial charge < -0.3 is 15.0 Å². The average molecular weight is 483 g/mol. The van der Waals surface area contributed by atoms with Crippen LogP contribution in [0.4, 0.5) is 5.69 Å². The molecule has 1 saturated heterocycles. The Hall–Kier alpha value is -3.20. The van der Waals surface area contributed by atoms with Gasteiger partial charge in [0.1, 0.15) is 17.1 Å². The molecule has 2 atom stereocenters. The maximum Gasteiger partial charge on any atom is 0.266 e. The molecule has 1 N–H and O–H groups in total. The molecule has 9 heteroatoms. The second-order valence-electron chi connectivity index (χ2n) is 9.32. The Morgan fingerprint density at radius 2 is 1.91 bits per heavy atom. The Bertz CT molecular complexity index is 1300. The van der Waals surface area contributed by atoms with Crippen molar-refractivity contribution in [1.29, 1.82) is 0 Å². The molecule has 0 aliphatic carbocycles. The van der Waals surface area contributed by atoms with Crippen LogP contribution in [0.2, 0.25) is 0 Å². The predicted molar refractivity (Wildman–Crippen MR) is 134 cm³/mol. The van der Waals surface area contributed by atoms with Gasteiger partial charge in [0.15, 0.2) is 0 Å². The summed E-state index contributed by atoms with van der Waals surface area (Å²) in [5, 5.41) is 3.26. The Balaban J connectivity index is 1.60. The van der Waals surface area contributed by atoms with Crippen LogP contribution in [0.1, 0.15) is 41.1 Å². The van der Waals surface area contributed by atoms with E-state index < -0.39 is 0 Å². The van der Waals surface area contributed by atoms with Crippen LogP contribution in [0.25, 0.3) is 10.2 Å². The number of likely N-dealkylation sites (tertiary alicyclic amines) is 1. The van der Waals surface area contributed by atoms with Crippen LogP contribution in [0.3, 0.4) is 0 Å². The number of aryl methyl sites for hydroxylation is 2. The number of aromatic nitrogens is 2. The number of thiophene rings is 1. The Labute approximate surface area is 202 Å². The smallest absolute Gasteiger partial charge is 0.266 e. The minimum Gasteiger partial charge on any atom is -0.495 e. The zero-order valence-corrected chi connectivity index (χ0v) is 21.0. The van der Waals surface area contributed by atoms with Gasteiger partial charge in [-0.2, -0.15) is 0 Å². The molecule has 0 radical (unpaired) electrons. The molecule has 3 aromatic rings. The van der Waals surface area contributed by atoms with Crippen molar-refractivity contribution in [2.75, 3.05) is 25.5 Å². The molecule has 0 bridgehead atoms. The molecule has 0 saturated carbocycles. The monoisotopic (exact) mass is 482 g/mol. The van der Waals surface area contributed by atoms with E-state index in [1.54, 1.807) is 20.1 Å². The van der Waals surface area contributed by atoms with E-state index in [1.807, 2.05) is 24.0 Å². The molecule has 1 aliphatic heterocycles. The van der Waals surface area contributed by atoms with Crippen LogP contribution in [0, 0.1) is 25.7 Å². The van der Waals surface area contributed by atoms with Crippen molar-refractivity contribution in [2.24, 2.45) is 11.8 Å². The molecule has 2 amide bonds. The quantitative estimate of drug-likeness (QED) is 0.596. The number of anilines is 1. The first kappa shape index (κ1) is 23.9. The standard InChI is InChI=1S/C25H30N4O4S/c1-14-6-7-19(33-5)18(9-14)27-23(31)22-17(4)21-24(34-22)26-13-29(25(21)32)12-20(30)28-10-15(2)8-16(3)11-28/h6-7,9,13,15-16H,8,10-12H2,1-5H3,(H,27,31)/t15-,16-/m0/s1. The summed E-state index contributed by atoms with van der Waals surface area (Å²) < 4.78 is 6.70. The number of amides is 2. The van der Waals surface area contributed by atoms with Crippen LogP contribution in [-0.4, -0.2) is 46.5 Å². The molecular formula is C25H30N4O4S. The van der Waals surface area contributed by atoms with Crippen molar-refractivity contribution in [3.05, 3.63) is 50.9 Å². The van der Waals surface area contributed by atoms with Gasteiger partial charge in [0.25, 0.3) is 11.5 Å². The summed E-state index contributed by atoms with van der Waals surface area (Å²) in [6.45, 7) is 9.31. The first-order chi connectivity index (χ1) is 16.2. The molecule has 0 spiro atoms. The second kappa shape index (κ2) is 9.58. The van der Waals surface area contributed by atoms with Gasteiger partial charge in [0, 0.05) is 13.1 Å². The highest BCUT2D eigenvalue weighted by atomic mass is 32.1. The summed E-state index contributed by atoms with van der Waals surface area (Å²) in [6.07, 6.45) is 2.51. The van der Waals surface area contributed by atoms with Crippen molar-refractivity contribution in [1.82, 2.24) is 14.5 Å². The largest absolute Gasteiger partial charge is 0.495 e. The lowest BCUT2D eigenvalue weighted by Gasteiger charge is -2.35. The van der Waals surface area contributed by atoms with Crippen LogP contribution < -0.4 is 15.6 Å². The summed E-state index contributed by atoms with van der Waals surface area (Å²) in [5.74, 6) is 1.02. The lowest BCUT2D eigenvalue weighted by molar-refractivity contribution is -0.134. The number of carbonyl (C=O) groups is 2. The van der Waals surface area contributed by atoms with E-state index in [0.29, 0.717) is 57.0 Å². The summed E-state index contributed by atoms with van der Waals surface area (Å²) in [7, 11) is 1.55. The molecule has 34 heavy (non-hydrogen) atoms. The number of nitrogens with zero attached hydrogens (tertiary/aromatic N) is 3. The fraction of sp³-hybridized carbons (Fsp3) is 0.440. The summed E-state index contributed by atoms with van der Waals surface area (Å²) in [4.78, 5) is 46.3. The number of methoxy groups -OCH3 is 1. The zero-order valence-electron chi connectivity index (χ0n) is 20.2. The van der Waals surface area contributed by atoms with E-state index >= 15 is 0 Å². The molecule has 0 unspecified atom stereocenters. The summed E-state index contributed by atoms with van der Waals surface area (Å²) >= 11 is 1.17. The molecule has 1 fully saturated rings. The highest BCUT2D eigenvalue weighted by Crippen LogP contribution is 2.30. The minimum absolute atomic E-state index is 0.0570. The Kier molecular flexibility index (Phi) is 6.74. The highest BCUT2D eigenvalue weighted by molar-refractivity contribution is 7.20. The molecule has 8 nitrogen and oxygen atoms in total. The lowest BCUT2D eigenvalue weighted by atomic mass is 9.92.